The topological polar surface area (TPSA) is 107 Å². The summed E-state index contributed by atoms with van der Waals surface area (Å²) in [4.78, 5) is 21.9. The molecule has 0 fully saturated rings. The Bertz CT molecular complexity index is 248. The molecule has 0 aromatic rings. The molecule has 0 aliphatic heterocycles. The predicted molar refractivity (Wildman–Crippen MR) is 60.6 cm³/mol. The van der Waals surface area contributed by atoms with Gasteiger partial charge in [-0.05, 0) is 27.2 Å². The van der Waals surface area contributed by atoms with E-state index >= 15 is 0 Å². The van der Waals surface area contributed by atoms with Crippen LogP contribution in [0.3, 0.4) is 0 Å². The van der Waals surface area contributed by atoms with Crippen LogP contribution in [-0.2, 0) is 9.53 Å². The van der Waals surface area contributed by atoms with Crippen LogP contribution in [0.2, 0.25) is 0 Å². The molecule has 0 aromatic carbocycles. The molecule has 6 nitrogen and oxygen atoms in total. The summed E-state index contributed by atoms with van der Waals surface area (Å²) < 4.78 is 5.06. The van der Waals surface area contributed by atoms with E-state index in [1.165, 1.54) is 0 Å². The molecule has 0 rings (SSSR count). The van der Waals surface area contributed by atoms with Crippen molar-refractivity contribution in [2.24, 2.45) is 11.5 Å². The third kappa shape index (κ3) is 8.05. The molecule has 0 aromatic heterocycles. The van der Waals surface area contributed by atoms with E-state index in [0.717, 1.165) is 0 Å². The Morgan fingerprint density at radius 3 is 2.31 bits per heavy atom. The van der Waals surface area contributed by atoms with Gasteiger partial charge in [0, 0.05) is 19.0 Å². The van der Waals surface area contributed by atoms with Crippen LogP contribution in [0.4, 0.5) is 4.79 Å². The minimum Gasteiger partial charge on any atom is -0.444 e. The standard InChI is InChI=1S/C10H21N3O3/c1-10(2,3)16-9(15)13-7(6-11)4-5-8(12)14/h7H,4-6,11H2,1-3H3,(H2,12,14)(H,13,15)/t7-/m0/s1. The summed E-state index contributed by atoms with van der Waals surface area (Å²) in [5.74, 6) is -0.413. The zero-order chi connectivity index (χ0) is 12.8. The van der Waals surface area contributed by atoms with Crippen LogP contribution in [0, 0.1) is 0 Å². The number of alkyl carbamates (subject to hydrolysis) is 1. The van der Waals surface area contributed by atoms with Gasteiger partial charge in [0.05, 0.1) is 0 Å². The first kappa shape index (κ1) is 14.7. The highest BCUT2D eigenvalue weighted by atomic mass is 16.6. The molecule has 0 radical (unpaired) electrons. The number of carbonyl (C=O) groups excluding carboxylic acids is 2. The number of hydrogen-bond donors (Lipinski definition) is 3. The van der Waals surface area contributed by atoms with Gasteiger partial charge in [0.25, 0.3) is 0 Å². The number of amides is 2. The lowest BCUT2D eigenvalue weighted by Gasteiger charge is -2.22. The van der Waals surface area contributed by atoms with E-state index in [2.05, 4.69) is 5.32 Å². The van der Waals surface area contributed by atoms with E-state index in [-0.39, 0.29) is 19.0 Å². The predicted octanol–water partition coefficient (Wildman–Crippen LogP) is 0.104. The van der Waals surface area contributed by atoms with Gasteiger partial charge < -0.3 is 21.5 Å². The van der Waals surface area contributed by atoms with Crippen molar-refractivity contribution < 1.29 is 14.3 Å². The highest BCUT2D eigenvalue weighted by molar-refractivity contribution is 5.74. The molecule has 0 aliphatic carbocycles. The largest absolute Gasteiger partial charge is 0.444 e. The summed E-state index contributed by atoms with van der Waals surface area (Å²) >= 11 is 0. The molecule has 16 heavy (non-hydrogen) atoms. The molecule has 6 heteroatoms. The summed E-state index contributed by atoms with van der Waals surface area (Å²) in [6.07, 6.45) is 0.0790. The van der Waals surface area contributed by atoms with E-state index in [0.29, 0.717) is 6.42 Å². The third-order valence-corrected chi connectivity index (χ3v) is 1.74. The molecule has 0 heterocycles. The fraction of sp³-hybridized carbons (Fsp3) is 0.800. The number of carbonyl (C=O) groups is 2. The lowest BCUT2D eigenvalue weighted by Crippen LogP contribution is -2.43. The lowest BCUT2D eigenvalue weighted by molar-refractivity contribution is -0.118. The summed E-state index contributed by atoms with van der Waals surface area (Å²) in [7, 11) is 0. The molecule has 94 valence electrons. The highest BCUT2D eigenvalue weighted by Crippen LogP contribution is 2.07. The molecule has 0 unspecified atom stereocenters. The van der Waals surface area contributed by atoms with Crippen molar-refractivity contribution >= 4 is 12.0 Å². The Kier molecular flexibility index (Phi) is 5.81. The maximum atomic E-state index is 11.4. The van der Waals surface area contributed by atoms with Gasteiger partial charge in [-0.15, -0.1) is 0 Å². The number of nitrogens with two attached hydrogens (primary N) is 2. The second-order valence-corrected chi connectivity index (χ2v) is 4.58. The van der Waals surface area contributed by atoms with Gasteiger partial charge in [-0.2, -0.15) is 0 Å². The molecule has 0 bridgehead atoms. The van der Waals surface area contributed by atoms with Gasteiger partial charge in [0.2, 0.25) is 5.91 Å². The van der Waals surface area contributed by atoms with Crippen molar-refractivity contribution in [2.45, 2.75) is 45.3 Å². The molecule has 1 atom stereocenters. The van der Waals surface area contributed by atoms with Crippen molar-refractivity contribution in [3.05, 3.63) is 0 Å². The third-order valence-electron chi connectivity index (χ3n) is 1.74. The summed E-state index contributed by atoms with van der Waals surface area (Å²) in [5, 5.41) is 2.58. The van der Waals surface area contributed by atoms with Crippen LogP contribution < -0.4 is 16.8 Å². The summed E-state index contributed by atoms with van der Waals surface area (Å²) in [5.41, 5.74) is 9.90. The maximum Gasteiger partial charge on any atom is 0.407 e. The minimum atomic E-state index is -0.549. The Hall–Kier alpha value is -1.30. The number of ether oxygens (including phenoxy) is 1. The van der Waals surface area contributed by atoms with Gasteiger partial charge in [0.1, 0.15) is 5.60 Å². The van der Waals surface area contributed by atoms with Crippen LogP contribution in [0.25, 0.3) is 0 Å². The summed E-state index contributed by atoms with van der Waals surface area (Å²) in [6, 6.07) is -0.289. The molecule has 5 N–H and O–H groups in total. The average molecular weight is 231 g/mol. The maximum absolute atomic E-state index is 11.4. The van der Waals surface area contributed by atoms with Gasteiger partial charge in [0.15, 0.2) is 0 Å². The van der Waals surface area contributed by atoms with Gasteiger partial charge in [-0.25, -0.2) is 4.79 Å². The van der Waals surface area contributed by atoms with Gasteiger partial charge in [-0.3, -0.25) is 4.79 Å². The Morgan fingerprint density at radius 1 is 1.38 bits per heavy atom. The van der Waals surface area contributed by atoms with Crippen LogP contribution in [0.15, 0.2) is 0 Å². The Morgan fingerprint density at radius 2 is 1.94 bits per heavy atom. The number of rotatable bonds is 5. The highest BCUT2D eigenvalue weighted by Gasteiger charge is 2.18. The zero-order valence-corrected chi connectivity index (χ0v) is 10.1. The molecule has 0 saturated heterocycles. The van der Waals surface area contributed by atoms with E-state index < -0.39 is 17.6 Å². The zero-order valence-electron chi connectivity index (χ0n) is 10.1. The second kappa shape index (κ2) is 6.32. The molecule has 0 spiro atoms. The van der Waals surface area contributed by atoms with Gasteiger partial charge >= 0.3 is 6.09 Å². The van der Waals surface area contributed by atoms with Crippen LogP contribution >= 0.6 is 0 Å². The van der Waals surface area contributed by atoms with E-state index in [4.69, 9.17) is 16.2 Å². The lowest BCUT2D eigenvalue weighted by atomic mass is 10.1. The fourth-order valence-electron chi connectivity index (χ4n) is 1.04. The van der Waals surface area contributed by atoms with Crippen molar-refractivity contribution in [2.75, 3.05) is 6.54 Å². The van der Waals surface area contributed by atoms with E-state index in [1.54, 1.807) is 20.8 Å². The van der Waals surface area contributed by atoms with Crippen molar-refractivity contribution in [3.8, 4) is 0 Å². The van der Waals surface area contributed by atoms with Gasteiger partial charge in [-0.1, -0.05) is 0 Å². The molecular weight excluding hydrogens is 210 g/mol. The molecule has 0 saturated carbocycles. The first-order valence-electron chi connectivity index (χ1n) is 5.22. The SMILES string of the molecule is CC(C)(C)OC(=O)N[C@H](CN)CCC(N)=O. The Balaban J connectivity index is 4.02. The average Bonchev–Trinajstić information content (AvgIpc) is 2.08. The first-order valence-corrected chi connectivity index (χ1v) is 5.22. The first-order chi connectivity index (χ1) is 7.24. The quantitative estimate of drug-likeness (QED) is 0.623. The number of hydrogen-bond acceptors (Lipinski definition) is 4. The summed E-state index contributed by atoms with van der Waals surface area (Å²) in [6.45, 7) is 5.56. The minimum absolute atomic E-state index is 0.192. The monoisotopic (exact) mass is 231 g/mol. The molecule has 0 aliphatic rings. The molecular formula is C10H21N3O3. The van der Waals surface area contributed by atoms with Crippen molar-refractivity contribution in [1.29, 1.82) is 0 Å². The second-order valence-electron chi connectivity index (χ2n) is 4.58. The van der Waals surface area contributed by atoms with Crippen LogP contribution in [-0.4, -0.2) is 30.2 Å². The fourth-order valence-corrected chi connectivity index (χ4v) is 1.04. The smallest absolute Gasteiger partial charge is 0.407 e. The number of nitrogens with one attached hydrogen (secondary N) is 1. The van der Waals surface area contributed by atoms with Crippen LogP contribution in [0.1, 0.15) is 33.6 Å². The normalized spacial score (nSPS) is 13.0. The van der Waals surface area contributed by atoms with Crippen molar-refractivity contribution in [1.82, 2.24) is 5.32 Å². The van der Waals surface area contributed by atoms with E-state index in [1.807, 2.05) is 0 Å². The number of primary amides is 1. The van der Waals surface area contributed by atoms with E-state index in [9.17, 15) is 9.59 Å². The Labute approximate surface area is 95.7 Å². The van der Waals surface area contributed by atoms with Crippen LogP contribution in [0.5, 0.6) is 0 Å². The van der Waals surface area contributed by atoms with Crippen molar-refractivity contribution in [3.63, 3.8) is 0 Å². The molecule has 2 amide bonds.